The molecule has 2 aromatic rings. The molecule has 5 nitrogen and oxygen atoms in total. The lowest BCUT2D eigenvalue weighted by Gasteiger charge is -2.30. The van der Waals surface area contributed by atoms with Gasteiger partial charge in [0.1, 0.15) is 16.5 Å². The predicted molar refractivity (Wildman–Crippen MR) is 99.0 cm³/mol. The second-order valence-corrected chi connectivity index (χ2v) is 8.68. The lowest BCUT2D eigenvalue weighted by atomic mass is 9.78. The van der Waals surface area contributed by atoms with Gasteiger partial charge >= 0.3 is 0 Å². The van der Waals surface area contributed by atoms with Gasteiger partial charge in [0, 0.05) is 24.4 Å². The third-order valence-electron chi connectivity index (χ3n) is 5.01. The van der Waals surface area contributed by atoms with Crippen LogP contribution in [0.25, 0.3) is 0 Å². The van der Waals surface area contributed by atoms with Crippen LogP contribution in [0.2, 0.25) is 0 Å². The molecule has 0 bridgehead atoms. The molecule has 0 saturated heterocycles. The summed E-state index contributed by atoms with van der Waals surface area (Å²) in [6.07, 6.45) is 7.29. The van der Waals surface area contributed by atoms with Gasteiger partial charge in [-0.05, 0) is 42.7 Å². The number of anilines is 1. The SMILES string of the molecule is COc1cccc(C2(CNc3ncccc3S(C)(=O)=O)CCCC2)c1. The van der Waals surface area contributed by atoms with Crippen molar-refractivity contribution in [3.8, 4) is 5.75 Å². The molecular weight excluding hydrogens is 336 g/mol. The van der Waals surface area contributed by atoms with Crippen molar-refractivity contribution in [1.29, 1.82) is 0 Å². The summed E-state index contributed by atoms with van der Waals surface area (Å²) in [5.41, 5.74) is 1.20. The van der Waals surface area contributed by atoms with Crippen LogP contribution in [0.5, 0.6) is 5.75 Å². The van der Waals surface area contributed by atoms with E-state index in [2.05, 4.69) is 22.4 Å². The van der Waals surface area contributed by atoms with E-state index < -0.39 is 9.84 Å². The van der Waals surface area contributed by atoms with Crippen LogP contribution in [-0.4, -0.2) is 33.3 Å². The smallest absolute Gasteiger partial charge is 0.179 e. The Morgan fingerprint density at radius 3 is 2.64 bits per heavy atom. The minimum absolute atomic E-state index is 0.0269. The van der Waals surface area contributed by atoms with Crippen molar-refractivity contribution in [2.45, 2.75) is 36.0 Å². The molecule has 0 aliphatic heterocycles. The average Bonchev–Trinajstić information content (AvgIpc) is 3.10. The molecule has 1 aromatic heterocycles. The van der Waals surface area contributed by atoms with Crippen LogP contribution in [0, 0.1) is 0 Å². The van der Waals surface area contributed by atoms with E-state index in [1.165, 1.54) is 24.7 Å². The molecule has 0 unspecified atom stereocenters. The second kappa shape index (κ2) is 7.04. The molecule has 1 aromatic carbocycles. The van der Waals surface area contributed by atoms with Crippen LogP contribution in [-0.2, 0) is 15.3 Å². The molecule has 1 saturated carbocycles. The zero-order valence-electron chi connectivity index (χ0n) is 14.7. The van der Waals surface area contributed by atoms with Gasteiger partial charge in [0.15, 0.2) is 9.84 Å². The van der Waals surface area contributed by atoms with E-state index in [-0.39, 0.29) is 10.3 Å². The summed E-state index contributed by atoms with van der Waals surface area (Å²) in [6, 6.07) is 11.4. The number of benzene rings is 1. The lowest BCUT2D eigenvalue weighted by Crippen LogP contribution is -2.32. The van der Waals surface area contributed by atoms with Crippen molar-refractivity contribution in [2.24, 2.45) is 0 Å². The molecule has 6 heteroatoms. The fourth-order valence-corrected chi connectivity index (χ4v) is 4.45. The maximum atomic E-state index is 12.0. The fourth-order valence-electron chi connectivity index (χ4n) is 3.65. The van der Waals surface area contributed by atoms with Gasteiger partial charge in [0.25, 0.3) is 0 Å². The first kappa shape index (κ1) is 17.7. The molecule has 0 amide bonds. The number of sulfone groups is 1. The average molecular weight is 360 g/mol. The molecule has 1 aliphatic carbocycles. The third kappa shape index (κ3) is 3.79. The van der Waals surface area contributed by atoms with E-state index in [0.717, 1.165) is 18.6 Å². The van der Waals surface area contributed by atoms with Crippen LogP contribution < -0.4 is 10.1 Å². The van der Waals surface area contributed by atoms with Crippen LogP contribution in [0.15, 0.2) is 47.5 Å². The van der Waals surface area contributed by atoms with Gasteiger partial charge in [-0.1, -0.05) is 25.0 Å². The number of pyridine rings is 1. The molecule has 3 rings (SSSR count). The van der Waals surface area contributed by atoms with Gasteiger partial charge in [-0.25, -0.2) is 13.4 Å². The summed E-state index contributed by atoms with van der Waals surface area (Å²) in [5.74, 6) is 1.28. The van der Waals surface area contributed by atoms with E-state index in [9.17, 15) is 8.42 Å². The maximum Gasteiger partial charge on any atom is 0.179 e. The number of nitrogens with zero attached hydrogens (tertiary/aromatic N) is 1. The molecule has 0 radical (unpaired) electrons. The zero-order chi connectivity index (χ0) is 17.9. The zero-order valence-corrected chi connectivity index (χ0v) is 15.5. The molecule has 25 heavy (non-hydrogen) atoms. The van der Waals surface area contributed by atoms with E-state index >= 15 is 0 Å². The molecule has 0 spiro atoms. The third-order valence-corrected chi connectivity index (χ3v) is 6.14. The van der Waals surface area contributed by atoms with E-state index in [1.54, 1.807) is 25.4 Å². The second-order valence-electron chi connectivity index (χ2n) is 6.70. The minimum Gasteiger partial charge on any atom is -0.497 e. The van der Waals surface area contributed by atoms with Crippen LogP contribution in [0.1, 0.15) is 31.2 Å². The molecular formula is C19H24N2O3S. The lowest BCUT2D eigenvalue weighted by molar-refractivity contribution is 0.409. The number of nitrogens with one attached hydrogen (secondary N) is 1. The largest absolute Gasteiger partial charge is 0.497 e. The van der Waals surface area contributed by atoms with Gasteiger partial charge < -0.3 is 10.1 Å². The molecule has 1 heterocycles. The van der Waals surface area contributed by atoms with Gasteiger partial charge in [0.2, 0.25) is 0 Å². The van der Waals surface area contributed by atoms with Crippen molar-refractivity contribution < 1.29 is 13.2 Å². The Kier molecular flexibility index (Phi) is 4.99. The van der Waals surface area contributed by atoms with Gasteiger partial charge in [-0.2, -0.15) is 0 Å². The first-order valence-corrected chi connectivity index (χ1v) is 10.4. The number of methoxy groups -OCH3 is 1. The number of hydrogen-bond donors (Lipinski definition) is 1. The summed E-state index contributed by atoms with van der Waals surface area (Å²) < 4.78 is 29.3. The summed E-state index contributed by atoms with van der Waals surface area (Å²) in [7, 11) is -1.65. The number of aromatic nitrogens is 1. The molecule has 1 N–H and O–H groups in total. The highest BCUT2D eigenvalue weighted by atomic mass is 32.2. The van der Waals surface area contributed by atoms with E-state index in [0.29, 0.717) is 12.4 Å². The maximum absolute atomic E-state index is 12.0. The predicted octanol–water partition coefficient (Wildman–Crippen LogP) is 3.42. The first-order chi connectivity index (χ1) is 11.9. The van der Waals surface area contributed by atoms with Gasteiger partial charge in [-0.15, -0.1) is 0 Å². The van der Waals surface area contributed by atoms with Crippen LogP contribution in [0.4, 0.5) is 5.82 Å². The Hall–Kier alpha value is -2.08. The van der Waals surface area contributed by atoms with Crippen LogP contribution in [0.3, 0.4) is 0 Å². The number of rotatable bonds is 6. The Balaban J connectivity index is 1.89. The topological polar surface area (TPSA) is 68.3 Å². The molecule has 0 atom stereocenters. The molecule has 1 fully saturated rings. The first-order valence-electron chi connectivity index (χ1n) is 8.48. The van der Waals surface area contributed by atoms with Crippen molar-refractivity contribution in [3.63, 3.8) is 0 Å². The summed E-state index contributed by atoms with van der Waals surface area (Å²) >= 11 is 0. The molecule has 1 aliphatic rings. The van der Waals surface area contributed by atoms with E-state index in [1.807, 2.05) is 12.1 Å². The van der Waals surface area contributed by atoms with Crippen LogP contribution >= 0.6 is 0 Å². The number of hydrogen-bond acceptors (Lipinski definition) is 5. The van der Waals surface area contributed by atoms with Crippen molar-refractivity contribution in [1.82, 2.24) is 4.98 Å². The van der Waals surface area contributed by atoms with Crippen molar-refractivity contribution >= 4 is 15.7 Å². The number of ether oxygens (including phenoxy) is 1. The van der Waals surface area contributed by atoms with Gasteiger partial charge in [-0.3, -0.25) is 0 Å². The van der Waals surface area contributed by atoms with E-state index in [4.69, 9.17) is 4.74 Å². The fraction of sp³-hybridized carbons (Fsp3) is 0.421. The summed E-state index contributed by atoms with van der Waals surface area (Å²) in [4.78, 5) is 4.49. The molecule has 134 valence electrons. The Morgan fingerprint density at radius 2 is 1.96 bits per heavy atom. The van der Waals surface area contributed by atoms with Crippen molar-refractivity contribution in [2.75, 3.05) is 25.2 Å². The normalized spacial score (nSPS) is 16.6. The highest BCUT2D eigenvalue weighted by Gasteiger charge is 2.36. The quantitative estimate of drug-likeness (QED) is 0.855. The highest BCUT2D eigenvalue weighted by Crippen LogP contribution is 2.42. The van der Waals surface area contributed by atoms with Gasteiger partial charge in [0.05, 0.1) is 7.11 Å². The monoisotopic (exact) mass is 360 g/mol. The standard InChI is InChI=1S/C19H24N2O3S/c1-24-16-8-5-7-15(13-16)19(10-3-4-11-19)14-21-18-17(25(2,22)23)9-6-12-20-18/h5-9,12-13H,3-4,10-11,14H2,1-2H3,(H,20,21). The Labute approximate surface area is 149 Å². The van der Waals surface area contributed by atoms with Crippen molar-refractivity contribution in [3.05, 3.63) is 48.2 Å². The summed E-state index contributed by atoms with van der Waals surface area (Å²) in [5, 5.41) is 3.31. The highest BCUT2D eigenvalue weighted by molar-refractivity contribution is 7.90. The Bertz CT molecular complexity index is 843. The summed E-state index contributed by atoms with van der Waals surface area (Å²) in [6.45, 7) is 0.652. The Morgan fingerprint density at radius 1 is 1.20 bits per heavy atom. The minimum atomic E-state index is -3.32.